The summed E-state index contributed by atoms with van der Waals surface area (Å²) in [5, 5.41) is 0. The first-order valence-electron chi connectivity index (χ1n) is 5.73. The third-order valence-corrected chi connectivity index (χ3v) is 4.02. The van der Waals surface area contributed by atoms with Crippen molar-refractivity contribution in [1.29, 1.82) is 0 Å². The van der Waals surface area contributed by atoms with E-state index < -0.39 is 0 Å². The molecule has 0 fully saturated rings. The number of nitrogens with two attached hydrogens (primary N) is 1. The maximum atomic E-state index is 13.5. The Morgan fingerprint density at radius 1 is 1.47 bits per heavy atom. The topological polar surface area (TPSA) is 52.5 Å². The van der Waals surface area contributed by atoms with Crippen molar-refractivity contribution in [3.63, 3.8) is 0 Å². The largest absolute Gasteiger partial charge is 0.496 e. The van der Waals surface area contributed by atoms with Crippen LogP contribution in [0.25, 0.3) is 16.2 Å². The van der Waals surface area contributed by atoms with E-state index >= 15 is 0 Å². The van der Waals surface area contributed by atoms with E-state index in [4.69, 9.17) is 10.5 Å². The highest BCUT2D eigenvalue weighted by atomic mass is 32.1. The van der Waals surface area contributed by atoms with Crippen LogP contribution in [0.1, 0.15) is 4.88 Å². The molecule has 98 valence electrons. The van der Waals surface area contributed by atoms with Crippen molar-refractivity contribution in [2.24, 2.45) is 5.73 Å². The summed E-state index contributed by atoms with van der Waals surface area (Å²) in [7, 11) is 1.57. The molecule has 0 aliphatic rings. The molecule has 2 N–H and O–H groups in total. The number of nitrogens with zero attached hydrogens (tertiary/aromatic N) is 2. The van der Waals surface area contributed by atoms with Crippen LogP contribution in [0.5, 0.6) is 5.75 Å². The van der Waals surface area contributed by atoms with Crippen LogP contribution in [0.3, 0.4) is 0 Å². The Hall–Kier alpha value is -1.92. The molecule has 0 spiro atoms. The van der Waals surface area contributed by atoms with Gasteiger partial charge in [-0.2, -0.15) is 0 Å². The summed E-state index contributed by atoms with van der Waals surface area (Å²) in [5.74, 6) is 0.308. The van der Waals surface area contributed by atoms with Gasteiger partial charge < -0.3 is 10.5 Å². The fraction of sp³-hybridized carbons (Fsp3) is 0.154. The van der Waals surface area contributed by atoms with Gasteiger partial charge >= 0.3 is 0 Å². The lowest BCUT2D eigenvalue weighted by atomic mass is 10.1. The van der Waals surface area contributed by atoms with Gasteiger partial charge in [-0.1, -0.05) is 11.3 Å². The zero-order chi connectivity index (χ0) is 13.4. The highest BCUT2D eigenvalue weighted by Gasteiger charge is 2.17. The third-order valence-electron chi connectivity index (χ3n) is 2.93. The molecule has 4 nitrogen and oxygen atoms in total. The molecule has 0 aliphatic heterocycles. The summed E-state index contributed by atoms with van der Waals surface area (Å²) in [5.41, 5.74) is 7.31. The molecule has 0 radical (unpaired) electrons. The molecule has 2 aromatic heterocycles. The Bertz CT molecular complexity index is 735. The molecule has 3 aromatic rings. The summed E-state index contributed by atoms with van der Waals surface area (Å²) < 4.78 is 20.7. The highest BCUT2D eigenvalue weighted by Crippen LogP contribution is 2.36. The van der Waals surface area contributed by atoms with Gasteiger partial charge in [-0.05, 0) is 18.2 Å². The van der Waals surface area contributed by atoms with Gasteiger partial charge in [0.25, 0.3) is 0 Å². The first kappa shape index (κ1) is 12.1. The number of rotatable bonds is 3. The van der Waals surface area contributed by atoms with Crippen LogP contribution in [-0.2, 0) is 6.54 Å². The second kappa shape index (κ2) is 4.64. The molecule has 0 amide bonds. The SMILES string of the molecule is COc1ccc(F)cc1-c1c(CN)sc2nccn12. The number of hydrogen-bond acceptors (Lipinski definition) is 4. The predicted molar refractivity (Wildman–Crippen MR) is 72.9 cm³/mol. The number of fused-ring (bicyclic) bond motifs is 1. The number of methoxy groups -OCH3 is 1. The molecule has 2 heterocycles. The molecule has 6 heteroatoms. The lowest BCUT2D eigenvalue weighted by molar-refractivity contribution is 0.415. The average molecular weight is 277 g/mol. The van der Waals surface area contributed by atoms with Crippen LogP contribution in [0.2, 0.25) is 0 Å². The zero-order valence-electron chi connectivity index (χ0n) is 10.3. The summed E-state index contributed by atoms with van der Waals surface area (Å²) >= 11 is 1.50. The summed E-state index contributed by atoms with van der Waals surface area (Å²) in [4.78, 5) is 6.03. The molecule has 0 atom stereocenters. The van der Waals surface area contributed by atoms with Crippen LogP contribution in [-0.4, -0.2) is 16.5 Å². The third kappa shape index (κ3) is 1.89. The summed E-state index contributed by atoms with van der Waals surface area (Å²) in [6, 6.07) is 4.45. The van der Waals surface area contributed by atoms with Gasteiger partial charge in [0.15, 0.2) is 4.96 Å². The Balaban J connectivity index is 2.34. The van der Waals surface area contributed by atoms with E-state index in [1.165, 1.54) is 23.5 Å². The van der Waals surface area contributed by atoms with Crippen molar-refractivity contribution in [1.82, 2.24) is 9.38 Å². The zero-order valence-corrected chi connectivity index (χ0v) is 11.1. The van der Waals surface area contributed by atoms with Crippen molar-refractivity contribution in [3.8, 4) is 17.0 Å². The molecule has 19 heavy (non-hydrogen) atoms. The van der Waals surface area contributed by atoms with Crippen LogP contribution in [0.4, 0.5) is 4.39 Å². The van der Waals surface area contributed by atoms with E-state index in [9.17, 15) is 4.39 Å². The number of benzene rings is 1. The van der Waals surface area contributed by atoms with E-state index in [0.717, 1.165) is 15.5 Å². The smallest absolute Gasteiger partial charge is 0.194 e. The first-order valence-corrected chi connectivity index (χ1v) is 6.55. The van der Waals surface area contributed by atoms with Crippen LogP contribution < -0.4 is 10.5 Å². The molecule has 0 bridgehead atoms. The standard InChI is InChI=1S/C13H12FN3OS/c1-18-10-3-2-8(14)6-9(10)12-11(7-15)19-13-16-4-5-17(12)13/h2-6H,7,15H2,1H3. The van der Waals surface area contributed by atoms with Crippen molar-refractivity contribution in [2.45, 2.75) is 6.54 Å². The van der Waals surface area contributed by atoms with Crippen molar-refractivity contribution in [3.05, 3.63) is 41.3 Å². The molecule has 3 rings (SSSR count). The van der Waals surface area contributed by atoms with Crippen molar-refractivity contribution in [2.75, 3.05) is 7.11 Å². The van der Waals surface area contributed by atoms with Gasteiger partial charge in [-0.15, -0.1) is 0 Å². The van der Waals surface area contributed by atoms with E-state index in [0.29, 0.717) is 17.9 Å². The molecule has 0 unspecified atom stereocenters. The molecular formula is C13H12FN3OS. The monoisotopic (exact) mass is 277 g/mol. The second-order valence-corrected chi connectivity index (χ2v) is 5.06. The minimum absolute atomic E-state index is 0.307. The van der Waals surface area contributed by atoms with Crippen LogP contribution >= 0.6 is 11.3 Å². The molecule has 0 saturated heterocycles. The van der Waals surface area contributed by atoms with Gasteiger partial charge in [0.05, 0.1) is 12.8 Å². The van der Waals surface area contributed by atoms with E-state index in [-0.39, 0.29) is 5.82 Å². The number of thiazole rings is 1. The predicted octanol–water partition coefficient (Wildman–Crippen LogP) is 2.67. The minimum Gasteiger partial charge on any atom is -0.496 e. The van der Waals surface area contributed by atoms with Crippen LogP contribution in [0, 0.1) is 5.82 Å². The maximum absolute atomic E-state index is 13.5. The normalized spacial score (nSPS) is 11.1. The maximum Gasteiger partial charge on any atom is 0.194 e. The van der Waals surface area contributed by atoms with Crippen molar-refractivity contribution >= 4 is 16.3 Å². The molecular weight excluding hydrogens is 265 g/mol. The second-order valence-electron chi connectivity index (χ2n) is 4.00. The van der Waals surface area contributed by atoms with Gasteiger partial charge in [0.1, 0.15) is 11.6 Å². The van der Waals surface area contributed by atoms with E-state index in [1.807, 2.05) is 10.6 Å². The Kier molecular flexibility index (Phi) is 2.96. The van der Waals surface area contributed by atoms with Gasteiger partial charge in [0, 0.05) is 29.4 Å². The van der Waals surface area contributed by atoms with Gasteiger partial charge in [-0.25, -0.2) is 9.37 Å². The average Bonchev–Trinajstić information content (AvgIpc) is 2.98. The van der Waals surface area contributed by atoms with Crippen molar-refractivity contribution < 1.29 is 9.13 Å². The highest BCUT2D eigenvalue weighted by molar-refractivity contribution is 7.17. The molecule has 0 saturated carbocycles. The lowest BCUT2D eigenvalue weighted by Gasteiger charge is -2.09. The van der Waals surface area contributed by atoms with E-state index in [1.54, 1.807) is 19.4 Å². The van der Waals surface area contributed by atoms with Gasteiger partial charge in [0.2, 0.25) is 0 Å². The Morgan fingerprint density at radius 2 is 2.32 bits per heavy atom. The minimum atomic E-state index is -0.307. The fourth-order valence-corrected chi connectivity index (χ4v) is 3.08. The number of halogens is 1. The Morgan fingerprint density at radius 3 is 3.05 bits per heavy atom. The summed E-state index contributed by atoms with van der Waals surface area (Å²) in [6.07, 6.45) is 3.55. The number of aromatic nitrogens is 2. The van der Waals surface area contributed by atoms with E-state index in [2.05, 4.69) is 4.98 Å². The molecule has 0 aliphatic carbocycles. The molecule has 1 aromatic carbocycles. The quantitative estimate of drug-likeness (QED) is 0.800. The first-order chi connectivity index (χ1) is 9.24. The number of imidazole rings is 1. The lowest BCUT2D eigenvalue weighted by Crippen LogP contribution is -1.99. The Labute approximate surface area is 113 Å². The fourth-order valence-electron chi connectivity index (χ4n) is 2.11. The van der Waals surface area contributed by atoms with Gasteiger partial charge in [-0.3, -0.25) is 4.40 Å². The van der Waals surface area contributed by atoms with Crippen LogP contribution in [0.15, 0.2) is 30.6 Å². The number of hydrogen-bond donors (Lipinski definition) is 1. The summed E-state index contributed by atoms with van der Waals surface area (Å²) in [6.45, 7) is 0.378. The number of ether oxygens (including phenoxy) is 1.